The van der Waals surface area contributed by atoms with E-state index in [0.717, 1.165) is 24.3 Å². The molecule has 7 nitrogen and oxygen atoms in total. The lowest BCUT2D eigenvalue weighted by molar-refractivity contribution is -0.253. The number of benzene rings is 4. The van der Waals surface area contributed by atoms with Crippen LogP contribution in [0.4, 0.5) is 35.1 Å². The Morgan fingerprint density at radius 3 is 2.06 bits per heavy atom. The molecule has 4 aromatic rings. The van der Waals surface area contributed by atoms with Crippen molar-refractivity contribution in [3.63, 3.8) is 0 Å². The molecule has 1 atom stereocenters. The summed E-state index contributed by atoms with van der Waals surface area (Å²) >= 11 is 0. The van der Waals surface area contributed by atoms with Gasteiger partial charge in [0.1, 0.15) is 11.6 Å². The number of carboxylic acids is 1. The van der Waals surface area contributed by atoms with Gasteiger partial charge in [0.15, 0.2) is 0 Å². The van der Waals surface area contributed by atoms with E-state index in [1.807, 2.05) is 0 Å². The third kappa shape index (κ3) is 9.61. The molecule has 4 aromatic carbocycles. The fourth-order valence-electron chi connectivity index (χ4n) is 5.32. The van der Waals surface area contributed by atoms with Crippen LogP contribution < -0.4 is 15.4 Å². The number of carbonyl (C=O) groups is 3. The molecule has 0 radical (unpaired) electrons. The number of carbonyl (C=O) groups excluding carboxylic acids is 2. The van der Waals surface area contributed by atoms with Gasteiger partial charge in [0.2, 0.25) is 0 Å². The highest BCUT2D eigenvalue weighted by molar-refractivity contribution is 5.96. The first-order valence-electron chi connectivity index (χ1n) is 15.2. The molecule has 0 aliphatic carbocycles. The topological polar surface area (TPSA) is 105 Å². The number of rotatable bonds is 14. The molecule has 0 saturated heterocycles. The van der Waals surface area contributed by atoms with E-state index in [1.165, 1.54) is 31.2 Å². The van der Waals surface area contributed by atoms with Crippen LogP contribution in [-0.4, -0.2) is 42.0 Å². The number of halogens is 8. The van der Waals surface area contributed by atoms with Gasteiger partial charge in [-0.1, -0.05) is 48.5 Å². The number of carboxylic acid groups (broad SMARTS) is 1. The van der Waals surface area contributed by atoms with Crippen molar-refractivity contribution >= 4 is 17.8 Å². The van der Waals surface area contributed by atoms with Crippen molar-refractivity contribution in [2.75, 3.05) is 6.54 Å². The molecule has 0 aromatic heterocycles. The molecule has 0 aliphatic rings. The van der Waals surface area contributed by atoms with Crippen LogP contribution in [0.1, 0.15) is 61.4 Å². The van der Waals surface area contributed by atoms with Crippen LogP contribution in [0.5, 0.6) is 5.75 Å². The molecular formula is C36H30F8N2O5. The summed E-state index contributed by atoms with van der Waals surface area (Å²) < 4.78 is 115. The lowest BCUT2D eigenvalue weighted by Gasteiger charge is -2.37. The molecule has 15 heteroatoms. The van der Waals surface area contributed by atoms with Crippen LogP contribution in [0, 0.1) is 12.7 Å². The number of ether oxygens (including phenoxy) is 1. The van der Waals surface area contributed by atoms with Crippen LogP contribution in [0.3, 0.4) is 0 Å². The van der Waals surface area contributed by atoms with Gasteiger partial charge in [-0.3, -0.25) is 14.4 Å². The zero-order valence-corrected chi connectivity index (χ0v) is 26.7. The maximum atomic E-state index is 15.2. The third-order valence-electron chi connectivity index (χ3n) is 7.81. The summed E-state index contributed by atoms with van der Waals surface area (Å²) in [6.07, 6.45) is -14.6. The number of amides is 2. The van der Waals surface area contributed by atoms with Gasteiger partial charge in [-0.2, -0.15) is 30.7 Å². The fourth-order valence-corrected chi connectivity index (χ4v) is 5.32. The standard InChI is InChI=1S/C36H30F8N2O5/c1-21-9-10-24(16-29(21)35(40,41)42)32(50)46-34(20-22-6-3-2-4-7-22,26-17-27(37)19-28(18-26)51-36(43,44)33(38)39)25-13-11-23(12-14-25)31(49)45-15-5-8-30(47)48/h2-4,6-7,9-14,16-19,33H,5,8,15,20H2,1H3,(H,45,49)(H,46,50)(H,47,48)/t34-/m1/s1. The van der Waals surface area contributed by atoms with E-state index in [-0.39, 0.29) is 48.1 Å². The van der Waals surface area contributed by atoms with E-state index < -0.39 is 64.7 Å². The predicted octanol–water partition coefficient (Wildman–Crippen LogP) is 7.90. The Kier molecular flexibility index (Phi) is 11.7. The average molecular weight is 723 g/mol. The Morgan fingerprint density at radius 2 is 1.45 bits per heavy atom. The summed E-state index contributed by atoms with van der Waals surface area (Å²) in [4.78, 5) is 37.5. The monoisotopic (exact) mass is 722 g/mol. The molecule has 0 unspecified atom stereocenters. The molecule has 0 saturated carbocycles. The van der Waals surface area contributed by atoms with Gasteiger partial charge in [-0.05, 0) is 72.0 Å². The minimum atomic E-state index is -5.05. The lowest BCUT2D eigenvalue weighted by atomic mass is 9.77. The fraction of sp³-hybridized carbons (Fsp3) is 0.250. The Bertz CT molecular complexity index is 1870. The van der Waals surface area contributed by atoms with Gasteiger partial charge in [0.25, 0.3) is 11.8 Å². The van der Waals surface area contributed by atoms with E-state index in [1.54, 1.807) is 30.3 Å². The van der Waals surface area contributed by atoms with Crippen LogP contribution in [-0.2, 0) is 22.9 Å². The highest BCUT2D eigenvalue weighted by Crippen LogP contribution is 2.39. The molecule has 0 fully saturated rings. The van der Waals surface area contributed by atoms with Crippen molar-refractivity contribution < 1.29 is 59.4 Å². The van der Waals surface area contributed by atoms with Crippen LogP contribution in [0.25, 0.3) is 0 Å². The molecule has 51 heavy (non-hydrogen) atoms. The van der Waals surface area contributed by atoms with E-state index in [2.05, 4.69) is 15.4 Å². The smallest absolute Gasteiger partial charge is 0.461 e. The van der Waals surface area contributed by atoms with Gasteiger partial charge >= 0.3 is 24.7 Å². The molecule has 0 heterocycles. The van der Waals surface area contributed by atoms with E-state index >= 15 is 4.39 Å². The normalized spacial score (nSPS) is 13.0. The van der Waals surface area contributed by atoms with Crippen molar-refractivity contribution in [3.05, 3.63) is 136 Å². The minimum absolute atomic E-state index is 0.0205. The van der Waals surface area contributed by atoms with Crippen molar-refractivity contribution in [3.8, 4) is 5.75 Å². The SMILES string of the molecule is Cc1ccc(C(=O)N[C@](Cc2ccccc2)(c2ccc(C(=O)NCCCC(=O)O)cc2)c2cc(F)cc(OC(F)(F)C(F)F)c2)cc1C(F)(F)F. The van der Waals surface area contributed by atoms with E-state index in [4.69, 9.17) is 5.11 Å². The summed E-state index contributed by atoms with van der Waals surface area (Å²) in [5.41, 5.74) is -3.55. The average Bonchev–Trinajstić information content (AvgIpc) is 3.05. The highest BCUT2D eigenvalue weighted by atomic mass is 19.4. The molecule has 3 N–H and O–H groups in total. The van der Waals surface area contributed by atoms with Gasteiger partial charge in [0.05, 0.1) is 11.1 Å². The lowest BCUT2D eigenvalue weighted by Crippen LogP contribution is -2.49. The number of nitrogens with one attached hydrogen (secondary N) is 2. The van der Waals surface area contributed by atoms with Crippen molar-refractivity contribution in [2.24, 2.45) is 0 Å². The second-order valence-corrected chi connectivity index (χ2v) is 11.5. The first-order chi connectivity index (χ1) is 23.9. The zero-order chi connectivity index (χ0) is 37.6. The van der Waals surface area contributed by atoms with Gasteiger partial charge in [0, 0.05) is 36.6 Å². The van der Waals surface area contributed by atoms with Gasteiger partial charge < -0.3 is 20.5 Å². The van der Waals surface area contributed by atoms with E-state index in [9.17, 15) is 45.1 Å². The number of aryl methyl sites for hydroxylation is 1. The molecule has 0 bridgehead atoms. The second-order valence-electron chi connectivity index (χ2n) is 11.5. The van der Waals surface area contributed by atoms with Crippen molar-refractivity contribution in [1.29, 1.82) is 0 Å². The van der Waals surface area contributed by atoms with E-state index in [0.29, 0.717) is 17.7 Å². The third-order valence-corrected chi connectivity index (χ3v) is 7.81. The summed E-state index contributed by atoms with van der Waals surface area (Å²) in [6.45, 7) is 1.21. The Hall–Kier alpha value is -5.47. The van der Waals surface area contributed by atoms with Crippen molar-refractivity contribution in [2.45, 2.75) is 50.4 Å². The first kappa shape index (κ1) is 38.3. The van der Waals surface area contributed by atoms with Gasteiger partial charge in [-0.15, -0.1) is 0 Å². The molecule has 0 aliphatic heterocycles. The molecule has 270 valence electrons. The molecule has 0 spiro atoms. The quantitative estimate of drug-likeness (QED) is 0.0908. The molecular weight excluding hydrogens is 692 g/mol. The number of hydrogen-bond acceptors (Lipinski definition) is 4. The Labute approximate surface area is 286 Å². The van der Waals surface area contributed by atoms with Gasteiger partial charge in [-0.25, -0.2) is 4.39 Å². The minimum Gasteiger partial charge on any atom is -0.481 e. The number of aliphatic carboxylic acids is 1. The summed E-state index contributed by atoms with van der Waals surface area (Å²) in [6, 6.07) is 18.1. The van der Waals surface area contributed by atoms with Crippen LogP contribution in [0.15, 0.2) is 91.0 Å². The van der Waals surface area contributed by atoms with Crippen molar-refractivity contribution in [1.82, 2.24) is 10.6 Å². The zero-order valence-electron chi connectivity index (χ0n) is 26.7. The maximum absolute atomic E-state index is 15.2. The van der Waals surface area contributed by atoms with Crippen LogP contribution in [0.2, 0.25) is 0 Å². The van der Waals surface area contributed by atoms with Crippen LogP contribution >= 0.6 is 0 Å². The summed E-state index contributed by atoms with van der Waals surface area (Å²) in [5, 5.41) is 14.0. The number of hydrogen-bond donors (Lipinski definition) is 3. The highest BCUT2D eigenvalue weighted by Gasteiger charge is 2.45. The largest absolute Gasteiger partial charge is 0.481 e. The first-order valence-corrected chi connectivity index (χ1v) is 15.2. The summed E-state index contributed by atoms with van der Waals surface area (Å²) in [5.74, 6) is -5.07. The predicted molar refractivity (Wildman–Crippen MR) is 168 cm³/mol. The molecule has 2 amide bonds. The molecule has 4 rings (SSSR count). The number of alkyl halides is 7. The summed E-state index contributed by atoms with van der Waals surface area (Å²) in [7, 11) is 0. The second kappa shape index (κ2) is 15.6. The Balaban J connectivity index is 1.91. The maximum Gasteiger partial charge on any atom is 0.461 e. The Morgan fingerprint density at radius 1 is 0.804 bits per heavy atom.